The molecule has 0 N–H and O–H groups in total. The van der Waals surface area contributed by atoms with Crippen molar-refractivity contribution in [3.8, 4) is 11.5 Å². The number of unbranched alkanes of at least 4 members (excludes halogenated alkanes) is 2. The fourth-order valence-corrected chi connectivity index (χ4v) is 4.70. The standard InChI is InChI=1S/C28H31NO5/c1-6-8-9-13-33-20-11-10-19(16-21(20)32-5)25-24-26(30)23-18(4)14-17(3)15-22(23)34-27(24)28(31)29(25)12-7-2/h7,10-11,14-16,25H,2,6,8-9,12-13H2,1,3-5H3. The van der Waals surface area contributed by atoms with E-state index in [2.05, 4.69) is 13.5 Å². The van der Waals surface area contributed by atoms with E-state index < -0.39 is 6.04 Å². The molecule has 0 fully saturated rings. The third-order valence-electron chi connectivity index (χ3n) is 6.25. The molecule has 1 aliphatic heterocycles. The molecule has 0 bridgehead atoms. The van der Waals surface area contributed by atoms with Crippen LogP contribution in [0.1, 0.15) is 65.0 Å². The number of ether oxygens (including phenoxy) is 2. The van der Waals surface area contributed by atoms with Crippen LogP contribution in [0.15, 0.2) is 52.2 Å². The Morgan fingerprint density at radius 3 is 2.62 bits per heavy atom. The number of carbonyl (C=O) groups excluding carboxylic acids is 1. The Bertz CT molecular complexity index is 1310. The number of nitrogens with zero attached hydrogens (tertiary/aromatic N) is 1. The van der Waals surface area contributed by atoms with Crippen molar-refractivity contribution in [3.63, 3.8) is 0 Å². The number of aryl methyl sites for hydroxylation is 2. The average molecular weight is 462 g/mol. The molecule has 1 aliphatic rings. The normalized spacial score (nSPS) is 15.0. The lowest BCUT2D eigenvalue weighted by Crippen LogP contribution is -2.29. The van der Waals surface area contributed by atoms with Gasteiger partial charge in [-0.2, -0.15) is 0 Å². The van der Waals surface area contributed by atoms with Crippen LogP contribution in [-0.2, 0) is 0 Å². The van der Waals surface area contributed by atoms with E-state index in [0.29, 0.717) is 34.6 Å². The predicted molar refractivity (Wildman–Crippen MR) is 133 cm³/mol. The van der Waals surface area contributed by atoms with Gasteiger partial charge in [0.1, 0.15) is 5.58 Å². The van der Waals surface area contributed by atoms with Crippen molar-refractivity contribution in [1.82, 2.24) is 4.90 Å². The first-order valence-electron chi connectivity index (χ1n) is 11.7. The Morgan fingerprint density at radius 2 is 1.91 bits per heavy atom. The molecule has 1 atom stereocenters. The zero-order chi connectivity index (χ0) is 24.4. The van der Waals surface area contributed by atoms with Gasteiger partial charge in [0.25, 0.3) is 5.91 Å². The molecular weight excluding hydrogens is 430 g/mol. The Hall–Kier alpha value is -3.54. The van der Waals surface area contributed by atoms with E-state index in [1.807, 2.05) is 38.1 Å². The summed E-state index contributed by atoms with van der Waals surface area (Å²) in [5.74, 6) is 0.967. The number of carbonyl (C=O) groups is 1. The number of hydrogen-bond acceptors (Lipinski definition) is 5. The monoisotopic (exact) mass is 461 g/mol. The second-order valence-electron chi connectivity index (χ2n) is 8.74. The highest BCUT2D eigenvalue weighted by molar-refractivity contribution is 5.99. The van der Waals surface area contributed by atoms with Gasteiger partial charge in [0, 0.05) is 6.54 Å². The molecule has 2 aromatic carbocycles. The van der Waals surface area contributed by atoms with Crippen LogP contribution in [0.25, 0.3) is 11.0 Å². The molecule has 34 heavy (non-hydrogen) atoms. The molecule has 1 unspecified atom stereocenters. The van der Waals surface area contributed by atoms with Crippen LogP contribution in [-0.4, -0.2) is 31.1 Å². The fraction of sp³-hybridized carbons (Fsp3) is 0.357. The Labute approximate surface area is 199 Å². The highest BCUT2D eigenvalue weighted by Crippen LogP contribution is 2.41. The van der Waals surface area contributed by atoms with Gasteiger partial charge in [-0.25, -0.2) is 0 Å². The van der Waals surface area contributed by atoms with E-state index in [-0.39, 0.29) is 23.6 Å². The summed E-state index contributed by atoms with van der Waals surface area (Å²) in [5.41, 5.74) is 3.15. The van der Waals surface area contributed by atoms with Crippen molar-refractivity contribution in [3.05, 3.63) is 81.2 Å². The maximum Gasteiger partial charge on any atom is 0.291 e. The first kappa shape index (κ1) is 23.6. The summed E-state index contributed by atoms with van der Waals surface area (Å²) in [6.07, 6.45) is 4.83. The second kappa shape index (κ2) is 9.75. The second-order valence-corrected chi connectivity index (χ2v) is 8.74. The van der Waals surface area contributed by atoms with Crippen LogP contribution in [0.5, 0.6) is 11.5 Å². The maximum atomic E-state index is 13.7. The Morgan fingerprint density at radius 1 is 1.12 bits per heavy atom. The van der Waals surface area contributed by atoms with Crippen molar-refractivity contribution >= 4 is 16.9 Å². The molecule has 4 rings (SSSR count). The highest BCUT2D eigenvalue weighted by Gasteiger charge is 2.42. The van der Waals surface area contributed by atoms with Crippen LogP contribution >= 0.6 is 0 Å². The minimum absolute atomic E-state index is 0.0909. The number of rotatable bonds is 9. The molecule has 2 heterocycles. The van der Waals surface area contributed by atoms with Crippen molar-refractivity contribution in [2.45, 2.75) is 46.1 Å². The number of hydrogen-bond donors (Lipinski definition) is 0. The lowest BCUT2D eigenvalue weighted by molar-refractivity contribution is 0.0748. The lowest BCUT2D eigenvalue weighted by atomic mass is 9.96. The van der Waals surface area contributed by atoms with E-state index >= 15 is 0 Å². The van der Waals surface area contributed by atoms with Crippen molar-refractivity contribution in [1.29, 1.82) is 0 Å². The molecule has 0 saturated heterocycles. The summed E-state index contributed by atoms with van der Waals surface area (Å²) in [7, 11) is 1.58. The molecule has 178 valence electrons. The van der Waals surface area contributed by atoms with Crippen LogP contribution in [0.2, 0.25) is 0 Å². The van der Waals surface area contributed by atoms with Gasteiger partial charge in [0.15, 0.2) is 16.9 Å². The van der Waals surface area contributed by atoms with E-state index in [4.69, 9.17) is 13.9 Å². The number of fused-ring (bicyclic) bond motifs is 2. The van der Waals surface area contributed by atoms with Crippen molar-refractivity contribution < 1.29 is 18.7 Å². The molecule has 0 spiro atoms. The average Bonchev–Trinajstić information content (AvgIpc) is 3.08. The SMILES string of the molecule is C=CCN1C(=O)c2oc3cc(C)cc(C)c3c(=O)c2C1c1ccc(OCCCCC)c(OC)c1. The van der Waals surface area contributed by atoms with Gasteiger partial charge in [0.05, 0.1) is 30.7 Å². The zero-order valence-corrected chi connectivity index (χ0v) is 20.3. The van der Waals surface area contributed by atoms with E-state index in [1.54, 1.807) is 24.2 Å². The smallest absolute Gasteiger partial charge is 0.291 e. The quantitative estimate of drug-likeness (QED) is 0.301. The molecule has 0 radical (unpaired) electrons. The van der Waals surface area contributed by atoms with E-state index in [0.717, 1.165) is 36.0 Å². The van der Waals surface area contributed by atoms with Gasteiger partial charge in [-0.1, -0.05) is 38.0 Å². The van der Waals surface area contributed by atoms with Gasteiger partial charge in [-0.05, 0) is 55.2 Å². The molecule has 1 amide bonds. The van der Waals surface area contributed by atoms with E-state index in [9.17, 15) is 9.59 Å². The van der Waals surface area contributed by atoms with Gasteiger partial charge in [0.2, 0.25) is 5.76 Å². The molecule has 3 aromatic rings. The van der Waals surface area contributed by atoms with Gasteiger partial charge < -0.3 is 18.8 Å². The molecule has 6 heteroatoms. The van der Waals surface area contributed by atoms with Crippen LogP contribution in [0.3, 0.4) is 0 Å². The van der Waals surface area contributed by atoms with Gasteiger partial charge >= 0.3 is 0 Å². The van der Waals surface area contributed by atoms with Gasteiger partial charge in [-0.3, -0.25) is 9.59 Å². The molecular formula is C28H31NO5. The van der Waals surface area contributed by atoms with Gasteiger partial charge in [-0.15, -0.1) is 6.58 Å². The first-order valence-corrected chi connectivity index (χ1v) is 11.7. The number of methoxy groups -OCH3 is 1. The fourth-order valence-electron chi connectivity index (χ4n) is 4.70. The van der Waals surface area contributed by atoms with Crippen molar-refractivity contribution in [2.75, 3.05) is 20.3 Å². The summed E-state index contributed by atoms with van der Waals surface area (Å²) in [5, 5.41) is 0.505. The molecule has 6 nitrogen and oxygen atoms in total. The summed E-state index contributed by atoms with van der Waals surface area (Å²) in [4.78, 5) is 28.7. The Kier molecular flexibility index (Phi) is 6.77. The molecule has 0 saturated carbocycles. The van der Waals surface area contributed by atoms with Crippen LogP contribution in [0.4, 0.5) is 0 Å². The topological polar surface area (TPSA) is 69.0 Å². The summed E-state index contributed by atoms with van der Waals surface area (Å²) in [6, 6.07) is 8.70. The predicted octanol–water partition coefficient (Wildman–Crippen LogP) is 5.72. The molecule has 0 aliphatic carbocycles. The van der Waals surface area contributed by atoms with Crippen molar-refractivity contribution in [2.24, 2.45) is 0 Å². The minimum atomic E-state index is -0.607. The van der Waals surface area contributed by atoms with Crippen LogP contribution < -0.4 is 14.9 Å². The summed E-state index contributed by atoms with van der Waals surface area (Å²) >= 11 is 0. The number of amides is 1. The van der Waals surface area contributed by atoms with E-state index in [1.165, 1.54) is 0 Å². The molecule has 1 aromatic heterocycles. The largest absolute Gasteiger partial charge is 0.493 e. The maximum absolute atomic E-state index is 13.7. The third kappa shape index (κ3) is 4.09. The number of benzene rings is 2. The summed E-state index contributed by atoms with van der Waals surface area (Å²) in [6.45, 7) is 10.7. The minimum Gasteiger partial charge on any atom is -0.493 e. The lowest BCUT2D eigenvalue weighted by Gasteiger charge is -2.24. The Balaban J connectivity index is 1.85. The zero-order valence-electron chi connectivity index (χ0n) is 20.3. The third-order valence-corrected chi connectivity index (χ3v) is 6.25. The summed E-state index contributed by atoms with van der Waals surface area (Å²) < 4.78 is 17.6. The highest BCUT2D eigenvalue weighted by atomic mass is 16.5. The van der Waals surface area contributed by atoms with Crippen LogP contribution in [0, 0.1) is 13.8 Å². The first-order chi connectivity index (χ1) is 16.4.